The third-order valence-electron chi connectivity index (χ3n) is 8.69. The Balaban J connectivity index is 1.48. The van der Waals surface area contributed by atoms with Crippen LogP contribution in [0.5, 0.6) is 0 Å². The Bertz CT molecular complexity index is 2440. The quantitative estimate of drug-likeness (QED) is 0.213. The summed E-state index contributed by atoms with van der Waals surface area (Å²) >= 11 is 0. The van der Waals surface area contributed by atoms with Crippen LogP contribution >= 0.6 is 0 Å². The maximum atomic E-state index is 2.46. The predicted molar refractivity (Wildman–Crippen MR) is 178 cm³/mol. The van der Waals surface area contributed by atoms with Gasteiger partial charge in [0.1, 0.15) is 0 Å². The van der Waals surface area contributed by atoms with Crippen LogP contribution in [0.4, 0.5) is 0 Å². The van der Waals surface area contributed by atoms with Crippen molar-refractivity contribution in [2.75, 3.05) is 0 Å². The summed E-state index contributed by atoms with van der Waals surface area (Å²) in [5.74, 6) is 0. The normalized spacial score (nSPS) is 11.8. The van der Waals surface area contributed by atoms with Gasteiger partial charge in [-0.2, -0.15) is 0 Å². The lowest BCUT2D eigenvalue weighted by atomic mass is 10.0. The van der Waals surface area contributed by atoms with Crippen LogP contribution in [0.1, 0.15) is 0 Å². The van der Waals surface area contributed by atoms with Crippen molar-refractivity contribution < 1.29 is 0 Å². The molecular weight excluding hydrogens is 508 g/mol. The number of aromatic nitrogens is 2. The smallest absolute Gasteiger partial charge is 0.0562 e. The van der Waals surface area contributed by atoms with Gasteiger partial charge in [-0.25, -0.2) is 0 Å². The maximum Gasteiger partial charge on any atom is 0.0562 e. The zero-order valence-corrected chi connectivity index (χ0v) is 22.9. The molecule has 0 N–H and O–H groups in total. The summed E-state index contributed by atoms with van der Waals surface area (Å²) < 4.78 is 4.89. The summed E-state index contributed by atoms with van der Waals surface area (Å²) in [4.78, 5) is 0. The van der Waals surface area contributed by atoms with Crippen molar-refractivity contribution >= 4 is 54.4 Å². The number of para-hydroxylation sites is 3. The van der Waals surface area contributed by atoms with Crippen LogP contribution in [0, 0.1) is 0 Å². The zero-order chi connectivity index (χ0) is 27.6. The molecule has 0 aliphatic carbocycles. The van der Waals surface area contributed by atoms with Crippen molar-refractivity contribution in [1.29, 1.82) is 0 Å². The highest BCUT2D eigenvalue weighted by molar-refractivity contribution is 6.25. The summed E-state index contributed by atoms with van der Waals surface area (Å²) in [6.45, 7) is 0. The molecule has 2 heteroatoms. The Morgan fingerprint density at radius 3 is 1.88 bits per heavy atom. The van der Waals surface area contributed by atoms with Gasteiger partial charge in [0.25, 0.3) is 0 Å². The van der Waals surface area contributed by atoms with Gasteiger partial charge in [0.15, 0.2) is 0 Å². The number of nitrogens with zero attached hydrogens (tertiary/aromatic N) is 2. The zero-order valence-electron chi connectivity index (χ0n) is 22.9. The molecule has 0 amide bonds. The number of rotatable bonds is 3. The first-order valence-corrected chi connectivity index (χ1v) is 14.5. The van der Waals surface area contributed by atoms with Gasteiger partial charge in [0.05, 0.1) is 27.8 Å². The molecule has 0 spiro atoms. The first kappa shape index (κ1) is 23.1. The van der Waals surface area contributed by atoms with Gasteiger partial charge in [-0.15, -0.1) is 0 Å². The van der Waals surface area contributed by atoms with Crippen LogP contribution in [0.15, 0.2) is 158 Å². The second kappa shape index (κ2) is 8.95. The fraction of sp³-hybridized carbons (Fsp3) is 0. The minimum Gasteiger partial charge on any atom is -0.309 e. The molecule has 2 heterocycles. The van der Waals surface area contributed by atoms with E-state index in [0.717, 1.165) is 0 Å². The van der Waals surface area contributed by atoms with Crippen molar-refractivity contribution in [2.45, 2.75) is 0 Å². The molecule has 0 fully saturated rings. The second-order valence-electron chi connectivity index (χ2n) is 11.0. The molecule has 196 valence electrons. The second-order valence-corrected chi connectivity index (χ2v) is 11.0. The third kappa shape index (κ3) is 3.27. The van der Waals surface area contributed by atoms with Crippen LogP contribution in [-0.4, -0.2) is 9.13 Å². The average molecular weight is 535 g/mol. The van der Waals surface area contributed by atoms with Gasteiger partial charge in [0, 0.05) is 32.8 Å². The Kier molecular flexibility index (Phi) is 4.93. The molecule has 2 aromatic heterocycles. The topological polar surface area (TPSA) is 9.86 Å². The van der Waals surface area contributed by atoms with Gasteiger partial charge in [-0.05, 0) is 58.8 Å². The molecule has 0 aliphatic heterocycles. The highest BCUT2D eigenvalue weighted by atomic mass is 15.0. The molecule has 9 aromatic rings. The van der Waals surface area contributed by atoms with E-state index in [1.165, 1.54) is 76.9 Å². The van der Waals surface area contributed by atoms with Gasteiger partial charge < -0.3 is 9.13 Å². The minimum atomic E-state index is 1.17. The molecular formula is C40H26N2. The Labute approximate surface area is 243 Å². The van der Waals surface area contributed by atoms with Crippen LogP contribution in [-0.2, 0) is 0 Å². The van der Waals surface area contributed by atoms with Crippen molar-refractivity contribution in [1.82, 2.24) is 9.13 Å². The molecule has 42 heavy (non-hydrogen) atoms. The lowest BCUT2D eigenvalue weighted by Gasteiger charge is -2.14. The Hall–Kier alpha value is -5.60. The monoisotopic (exact) mass is 534 g/mol. The molecule has 2 nitrogen and oxygen atoms in total. The van der Waals surface area contributed by atoms with Crippen LogP contribution in [0.25, 0.3) is 76.9 Å². The van der Waals surface area contributed by atoms with Crippen LogP contribution in [0.2, 0.25) is 0 Å². The fourth-order valence-corrected chi connectivity index (χ4v) is 6.89. The maximum absolute atomic E-state index is 2.46. The summed E-state index contributed by atoms with van der Waals surface area (Å²) in [6.07, 6.45) is 0. The van der Waals surface area contributed by atoms with Gasteiger partial charge in [-0.3, -0.25) is 0 Å². The van der Waals surface area contributed by atoms with Gasteiger partial charge in [-0.1, -0.05) is 115 Å². The summed E-state index contributed by atoms with van der Waals surface area (Å²) in [5.41, 5.74) is 9.63. The first-order chi connectivity index (χ1) is 20.9. The van der Waals surface area contributed by atoms with E-state index in [-0.39, 0.29) is 0 Å². The molecule has 7 aromatic carbocycles. The van der Waals surface area contributed by atoms with Crippen molar-refractivity contribution in [3.63, 3.8) is 0 Å². The van der Waals surface area contributed by atoms with E-state index in [2.05, 4.69) is 167 Å². The predicted octanol–water partition coefficient (Wildman–Crippen LogP) is 10.7. The standard InChI is InChI=1S/C40H26N2/c1-3-13-27(14-4-1)30-18-9-11-21-35(30)42-36-22-12-10-20-32(36)33-25-34-39(26-38(33)42)41(29-16-5-2-6-17-29)37-24-23-28-15-7-8-19-31(28)40(34)37/h1-26H. The van der Waals surface area contributed by atoms with E-state index in [4.69, 9.17) is 0 Å². The van der Waals surface area contributed by atoms with E-state index >= 15 is 0 Å². The number of hydrogen-bond donors (Lipinski definition) is 0. The molecule has 0 aliphatic rings. The van der Waals surface area contributed by atoms with Gasteiger partial charge in [0.2, 0.25) is 0 Å². The largest absolute Gasteiger partial charge is 0.309 e. The van der Waals surface area contributed by atoms with Crippen molar-refractivity contribution in [3.05, 3.63) is 158 Å². The molecule has 9 rings (SSSR count). The molecule has 0 unspecified atom stereocenters. The van der Waals surface area contributed by atoms with Crippen molar-refractivity contribution in [2.24, 2.45) is 0 Å². The Morgan fingerprint density at radius 2 is 1.02 bits per heavy atom. The highest BCUT2D eigenvalue weighted by Crippen LogP contribution is 2.42. The number of fused-ring (bicyclic) bond motifs is 8. The van der Waals surface area contributed by atoms with Crippen LogP contribution < -0.4 is 0 Å². The van der Waals surface area contributed by atoms with E-state index < -0.39 is 0 Å². The van der Waals surface area contributed by atoms with E-state index in [9.17, 15) is 0 Å². The number of benzene rings is 7. The SMILES string of the molecule is c1ccc(-c2ccccc2-n2c3ccccc3c3cc4c5c6ccccc6ccc5n(-c5ccccc5)c4cc32)cc1. The summed E-state index contributed by atoms with van der Waals surface area (Å²) in [7, 11) is 0. The van der Waals surface area contributed by atoms with E-state index in [1.54, 1.807) is 0 Å². The van der Waals surface area contributed by atoms with Gasteiger partial charge >= 0.3 is 0 Å². The Morgan fingerprint density at radius 1 is 0.357 bits per heavy atom. The molecule has 0 atom stereocenters. The fourth-order valence-electron chi connectivity index (χ4n) is 6.89. The van der Waals surface area contributed by atoms with Crippen molar-refractivity contribution in [3.8, 4) is 22.5 Å². The molecule has 0 bridgehead atoms. The highest BCUT2D eigenvalue weighted by Gasteiger charge is 2.20. The summed E-state index contributed by atoms with van der Waals surface area (Å²) in [6, 6.07) is 57.2. The van der Waals surface area contributed by atoms with E-state index in [0.29, 0.717) is 0 Å². The van der Waals surface area contributed by atoms with E-state index in [1.807, 2.05) is 0 Å². The average Bonchev–Trinajstić information content (AvgIpc) is 3.56. The first-order valence-electron chi connectivity index (χ1n) is 14.5. The van der Waals surface area contributed by atoms with Crippen LogP contribution in [0.3, 0.4) is 0 Å². The number of hydrogen-bond acceptors (Lipinski definition) is 0. The lowest BCUT2D eigenvalue weighted by Crippen LogP contribution is -1.98. The minimum absolute atomic E-state index is 1.17. The molecule has 0 saturated carbocycles. The lowest BCUT2D eigenvalue weighted by molar-refractivity contribution is 1.17. The summed E-state index contributed by atoms with van der Waals surface area (Å²) in [5, 5.41) is 7.65. The molecule has 0 saturated heterocycles. The molecule has 0 radical (unpaired) electrons. The third-order valence-corrected chi connectivity index (χ3v) is 8.69.